The Balaban J connectivity index is 1.74. The molecular weight excluding hydrogens is 346 g/mol. The van der Waals surface area contributed by atoms with Gasteiger partial charge in [0.25, 0.3) is 11.6 Å². The molecule has 1 aromatic heterocycles. The first-order chi connectivity index (χ1) is 12.0. The van der Waals surface area contributed by atoms with Crippen molar-refractivity contribution in [3.8, 4) is 0 Å². The molecule has 0 spiro atoms. The Morgan fingerprint density at radius 1 is 1.24 bits per heavy atom. The van der Waals surface area contributed by atoms with Crippen LogP contribution >= 0.6 is 11.6 Å². The van der Waals surface area contributed by atoms with E-state index in [2.05, 4.69) is 15.4 Å². The molecule has 3 rings (SSSR count). The van der Waals surface area contributed by atoms with E-state index in [0.717, 1.165) is 11.6 Å². The van der Waals surface area contributed by atoms with E-state index in [0.29, 0.717) is 12.2 Å². The van der Waals surface area contributed by atoms with Crippen LogP contribution in [0.2, 0.25) is 5.02 Å². The Bertz CT molecular complexity index is 910. The predicted octanol–water partition coefficient (Wildman–Crippen LogP) is 3.14. The average Bonchev–Trinajstić information content (AvgIpc) is 3.09. The fourth-order valence-corrected chi connectivity index (χ4v) is 2.41. The van der Waals surface area contributed by atoms with Crippen molar-refractivity contribution in [2.45, 2.75) is 6.54 Å². The second kappa shape index (κ2) is 7.10. The highest BCUT2D eigenvalue weighted by Gasteiger charge is 2.20. The fourth-order valence-electron chi connectivity index (χ4n) is 2.24. The first-order valence-electron chi connectivity index (χ1n) is 7.19. The quantitative estimate of drug-likeness (QED) is 0.558. The lowest BCUT2D eigenvalue weighted by Gasteiger charge is -2.07. The van der Waals surface area contributed by atoms with Gasteiger partial charge in [-0.3, -0.25) is 14.9 Å². The Morgan fingerprint density at radius 2 is 2.00 bits per heavy atom. The van der Waals surface area contributed by atoms with Crippen LogP contribution in [-0.2, 0) is 6.54 Å². The average molecular weight is 358 g/mol. The number of nitrogens with zero attached hydrogens (tertiary/aromatic N) is 4. The van der Waals surface area contributed by atoms with Crippen LogP contribution < -0.4 is 5.32 Å². The van der Waals surface area contributed by atoms with Crippen molar-refractivity contribution in [1.29, 1.82) is 0 Å². The maximum Gasteiger partial charge on any atom is 0.283 e. The number of halogens is 1. The minimum Gasteiger partial charge on any atom is -0.322 e. The molecule has 3 aromatic rings. The van der Waals surface area contributed by atoms with Gasteiger partial charge >= 0.3 is 0 Å². The summed E-state index contributed by atoms with van der Waals surface area (Å²) in [5.41, 5.74) is 1.10. The van der Waals surface area contributed by atoms with E-state index in [1.807, 2.05) is 12.1 Å². The number of hydrogen-bond donors (Lipinski definition) is 1. The molecule has 1 N–H and O–H groups in total. The minimum atomic E-state index is -0.637. The second-order valence-corrected chi connectivity index (χ2v) is 5.60. The van der Waals surface area contributed by atoms with Gasteiger partial charge in [0.05, 0.1) is 11.5 Å². The van der Waals surface area contributed by atoms with Gasteiger partial charge in [0, 0.05) is 16.8 Å². The number of carbonyl (C=O) groups is 1. The van der Waals surface area contributed by atoms with Crippen molar-refractivity contribution < 1.29 is 9.72 Å². The first kappa shape index (κ1) is 16.6. The first-order valence-corrected chi connectivity index (χ1v) is 7.57. The Morgan fingerprint density at radius 3 is 2.64 bits per heavy atom. The van der Waals surface area contributed by atoms with Crippen molar-refractivity contribution >= 4 is 28.9 Å². The zero-order valence-electron chi connectivity index (χ0n) is 12.8. The van der Waals surface area contributed by atoms with E-state index in [4.69, 9.17) is 11.6 Å². The molecule has 0 saturated carbocycles. The second-order valence-electron chi connectivity index (χ2n) is 5.16. The van der Waals surface area contributed by atoms with Crippen molar-refractivity contribution in [2.75, 3.05) is 5.32 Å². The maximum absolute atomic E-state index is 12.3. The molecule has 1 heterocycles. The van der Waals surface area contributed by atoms with Crippen LogP contribution in [0.4, 0.5) is 11.4 Å². The number of aromatic nitrogens is 3. The Hall–Kier alpha value is -3.26. The summed E-state index contributed by atoms with van der Waals surface area (Å²) in [6, 6.07) is 11.0. The summed E-state index contributed by atoms with van der Waals surface area (Å²) in [7, 11) is 0. The summed E-state index contributed by atoms with van der Waals surface area (Å²) in [5, 5.41) is 17.9. The number of nitro groups is 1. The smallest absolute Gasteiger partial charge is 0.283 e. The molecular formula is C16H12ClN5O3. The van der Waals surface area contributed by atoms with Crippen LogP contribution in [0.5, 0.6) is 0 Å². The van der Waals surface area contributed by atoms with E-state index in [1.165, 1.54) is 18.5 Å². The third-order valence-electron chi connectivity index (χ3n) is 3.42. The third-order valence-corrected chi connectivity index (χ3v) is 3.66. The van der Waals surface area contributed by atoms with Crippen molar-refractivity contribution in [1.82, 2.24) is 14.8 Å². The SMILES string of the molecule is O=C(Nc1ccc(Cn2cncn2)cc1)c1ccc(Cl)cc1[N+](=O)[O-]. The summed E-state index contributed by atoms with van der Waals surface area (Å²) >= 11 is 5.75. The number of amides is 1. The largest absolute Gasteiger partial charge is 0.322 e. The van der Waals surface area contributed by atoms with Crippen LogP contribution in [0.25, 0.3) is 0 Å². The topological polar surface area (TPSA) is 103 Å². The monoisotopic (exact) mass is 357 g/mol. The molecule has 0 unspecified atom stereocenters. The molecule has 0 aliphatic heterocycles. The lowest BCUT2D eigenvalue weighted by Crippen LogP contribution is -2.14. The standard InChI is InChI=1S/C16H12ClN5O3/c17-12-3-6-14(15(7-12)22(24)25)16(23)20-13-4-1-11(2-5-13)8-21-10-18-9-19-21/h1-7,9-10H,8H2,(H,20,23). The zero-order chi connectivity index (χ0) is 17.8. The van der Waals surface area contributed by atoms with E-state index in [9.17, 15) is 14.9 Å². The number of anilines is 1. The van der Waals surface area contributed by atoms with Gasteiger partial charge in [-0.2, -0.15) is 5.10 Å². The molecule has 8 nitrogen and oxygen atoms in total. The number of carbonyl (C=O) groups excluding carboxylic acids is 1. The minimum absolute atomic E-state index is 0.0545. The Kier molecular flexibility index (Phi) is 4.71. The molecule has 0 atom stereocenters. The van der Waals surface area contributed by atoms with Crippen LogP contribution in [0.1, 0.15) is 15.9 Å². The summed E-state index contributed by atoms with van der Waals surface area (Å²) in [5.74, 6) is -0.576. The molecule has 126 valence electrons. The molecule has 1 amide bonds. The number of hydrogen-bond acceptors (Lipinski definition) is 5. The molecule has 0 fully saturated rings. The molecule has 25 heavy (non-hydrogen) atoms. The van der Waals surface area contributed by atoms with Gasteiger partial charge in [0.15, 0.2) is 0 Å². The summed E-state index contributed by atoms with van der Waals surface area (Å²) < 4.78 is 1.67. The van der Waals surface area contributed by atoms with Gasteiger partial charge in [-0.15, -0.1) is 0 Å². The van der Waals surface area contributed by atoms with Gasteiger partial charge in [0.1, 0.15) is 18.2 Å². The van der Waals surface area contributed by atoms with Crippen molar-refractivity contribution in [3.05, 3.63) is 81.4 Å². The van der Waals surface area contributed by atoms with Gasteiger partial charge < -0.3 is 5.32 Å². The molecule has 9 heteroatoms. The van der Waals surface area contributed by atoms with E-state index in [-0.39, 0.29) is 16.3 Å². The molecule has 0 aliphatic rings. The number of rotatable bonds is 5. The maximum atomic E-state index is 12.3. The Labute approximate surface area is 147 Å². The van der Waals surface area contributed by atoms with Crippen molar-refractivity contribution in [2.24, 2.45) is 0 Å². The van der Waals surface area contributed by atoms with Gasteiger partial charge in [-0.05, 0) is 29.8 Å². The third kappa shape index (κ3) is 3.99. The van der Waals surface area contributed by atoms with Crippen LogP contribution in [0, 0.1) is 10.1 Å². The highest BCUT2D eigenvalue weighted by atomic mass is 35.5. The van der Waals surface area contributed by atoms with E-state index >= 15 is 0 Å². The zero-order valence-corrected chi connectivity index (χ0v) is 13.6. The lowest BCUT2D eigenvalue weighted by molar-refractivity contribution is -0.385. The van der Waals surface area contributed by atoms with Gasteiger partial charge in [-0.25, -0.2) is 9.67 Å². The predicted molar refractivity (Wildman–Crippen MR) is 91.6 cm³/mol. The number of nitro benzene ring substituents is 1. The molecule has 0 aliphatic carbocycles. The van der Waals surface area contributed by atoms with Crippen LogP contribution in [0.15, 0.2) is 55.1 Å². The van der Waals surface area contributed by atoms with Gasteiger partial charge in [-0.1, -0.05) is 23.7 Å². The number of nitrogens with one attached hydrogen (secondary N) is 1. The highest BCUT2D eigenvalue weighted by Crippen LogP contribution is 2.24. The van der Waals surface area contributed by atoms with E-state index in [1.54, 1.807) is 23.1 Å². The summed E-state index contributed by atoms with van der Waals surface area (Å²) in [6.07, 6.45) is 3.06. The van der Waals surface area contributed by atoms with Crippen LogP contribution in [-0.4, -0.2) is 25.6 Å². The molecule has 0 saturated heterocycles. The summed E-state index contributed by atoms with van der Waals surface area (Å²) in [6.45, 7) is 0.552. The normalized spacial score (nSPS) is 10.4. The lowest BCUT2D eigenvalue weighted by atomic mass is 10.1. The molecule has 2 aromatic carbocycles. The van der Waals surface area contributed by atoms with Crippen molar-refractivity contribution in [3.63, 3.8) is 0 Å². The fraction of sp³-hybridized carbons (Fsp3) is 0.0625. The number of benzene rings is 2. The molecule has 0 bridgehead atoms. The summed E-state index contributed by atoms with van der Waals surface area (Å²) in [4.78, 5) is 26.6. The van der Waals surface area contributed by atoms with E-state index < -0.39 is 10.8 Å². The molecule has 0 radical (unpaired) electrons. The highest BCUT2D eigenvalue weighted by molar-refractivity contribution is 6.31. The van der Waals surface area contributed by atoms with Gasteiger partial charge in [0.2, 0.25) is 0 Å². The van der Waals surface area contributed by atoms with Crippen LogP contribution in [0.3, 0.4) is 0 Å².